The predicted molar refractivity (Wildman–Crippen MR) is 90.4 cm³/mol. The molecular weight excluding hydrogens is 316 g/mol. The van der Waals surface area contributed by atoms with Gasteiger partial charge in [-0.2, -0.15) is 0 Å². The number of hydrogen-bond acceptors (Lipinski definition) is 3. The minimum absolute atomic E-state index is 0.00579. The highest BCUT2D eigenvalue weighted by Crippen LogP contribution is 2.30. The molecule has 2 rings (SSSR count). The number of benzene rings is 1. The van der Waals surface area contributed by atoms with Crippen molar-refractivity contribution in [3.8, 4) is 0 Å². The SMILES string of the molecule is CC(C)C(O)CC(=O)N(C)C1CCN(c2ccccc2Cl)C1=O. The van der Waals surface area contributed by atoms with Crippen LogP contribution in [-0.2, 0) is 9.59 Å². The number of carbonyl (C=O) groups is 2. The van der Waals surface area contributed by atoms with Crippen LogP contribution in [0.5, 0.6) is 0 Å². The number of carbonyl (C=O) groups excluding carboxylic acids is 2. The summed E-state index contributed by atoms with van der Waals surface area (Å²) in [6.07, 6.45) is -0.102. The van der Waals surface area contributed by atoms with Gasteiger partial charge in [0.05, 0.1) is 23.2 Å². The Kier molecular flexibility index (Phi) is 5.65. The van der Waals surface area contributed by atoms with Crippen LogP contribution < -0.4 is 4.90 Å². The summed E-state index contributed by atoms with van der Waals surface area (Å²) in [5, 5.41) is 10.4. The maximum absolute atomic E-state index is 12.6. The minimum Gasteiger partial charge on any atom is -0.392 e. The highest BCUT2D eigenvalue weighted by Gasteiger charge is 2.38. The van der Waals surface area contributed by atoms with E-state index in [1.165, 1.54) is 4.90 Å². The molecule has 1 fully saturated rings. The first-order valence-corrected chi connectivity index (χ1v) is 8.20. The smallest absolute Gasteiger partial charge is 0.249 e. The number of para-hydroxylation sites is 1. The Labute approximate surface area is 141 Å². The summed E-state index contributed by atoms with van der Waals surface area (Å²) in [4.78, 5) is 28.0. The fourth-order valence-electron chi connectivity index (χ4n) is 2.67. The number of halogens is 1. The number of rotatable bonds is 5. The van der Waals surface area contributed by atoms with Crippen molar-refractivity contribution in [2.45, 2.75) is 38.8 Å². The summed E-state index contributed by atoms with van der Waals surface area (Å²) in [7, 11) is 1.62. The van der Waals surface area contributed by atoms with Gasteiger partial charge in [0.25, 0.3) is 0 Å². The lowest BCUT2D eigenvalue weighted by atomic mass is 10.0. The van der Waals surface area contributed by atoms with Crippen LogP contribution in [0.2, 0.25) is 5.02 Å². The second-order valence-electron chi connectivity index (χ2n) is 6.27. The number of likely N-dealkylation sites (N-methyl/N-ethyl adjacent to an activating group) is 1. The molecule has 2 atom stereocenters. The quantitative estimate of drug-likeness (QED) is 0.896. The van der Waals surface area contributed by atoms with Crippen LogP contribution in [0.4, 0.5) is 5.69 Å². The fraction of sp³-hybridized carbons (Fsp3) is 0.529. The zero-order valence-corrected chi connectivity index (χ0v) is 14.5. The van der Waals surface area contributed by atoms with Gasteiger partial charge in [-0.25, -0.2) is 0 Å². The first kappa shape index (κ1) is 17.8. The molecule has 6 heteroatoms. The molecule has 0 bridgehead atoms. The summed E-state index contributed by atoms with van der Waals surface area (Å²) < 4.78 is 0. The molecule has 2 unspecified atom stereocenters. The number of anilines is 1. The van der Waals surface area contributed by atoms with Crippen LogP contribution in [-0.4, -0.2) is 47.6 Å². The van der Waals surface area contributed by atoms with E-state index in [1.54, 1.807) is 24.1 Å². The monoisotopic (exact) mass is 338 g/mol. The van der Waals surface area contributed by atoms with Crippen molar-refractivity contribution in [3.63, 3.8) is 0 Å². The molecule has 126 valence electrons. The number of amides is 2. The molecule has 1 heterocycles. The zero-order valence-electron chi connectivity index (χ0n) is 13.7. The summed E-state index contributed by atoms with van der Waals surface area (Å²) >= 11 is 6.16. The topological polar surface area (TPSA) is 60.9 Å². The molecule has 23 heavy (non-hydrogen) atoms. The minimum atomic E-state index is -0.693. The lowest BCUT2D eigenvalue weighted by Crippen LogP contribution is -2.44. The molecule has 1 N–H and O–H groups in total. The Balaban J connectivity index is 2.07. The summed E-state index contributed by atoms with van der Waals surface area (Å²) in [5.41, 5.74) is 0.671. The molecule has 1 aliphatic heterocycles. The largest absolute Gasteiger partial charge is 0.392 e. The Morgan fingerprint density at radius 1 is 1.43 bits per heavy atom. The van der Waals surface area contributed by atoms with Gasteiger partial charge >= 0.3 is 0 Å². The first-order chi connectivity index (χ1) is 10.8. The molecule has 0 spiro atoms. The third kappa shape index (κ3) is 3.85. The van der Waals surface area contributed by atoms with Crippen molar-refractivity contribution in [1.29, 1.82) is 0 Å². The molecule has 0 aromatic heterocycles. The molecule has 1 aromatic carbocycles. The maximum atomic E-state index is 12.6. The lowest BCUT2D eigenvalue weighted by Gasteiger charge is -2.26. The van der Waals surface area contributed by atoms with E-state index in [-0.39, 0.29) is 24.2 Å². The fourth-order valence-corrected chi connectivity index (χ4v) is 2.90. The second kappa shape index (κ2) is 7.32. The third-order valence-electron chi connectivity index (χ3n) is 4.33. The van der Waals surface area contributed by atoms with E-state index >= 15 is 0 Å². The standard InChI is InChI=1S/C17H23ClN2O3/c1-11(2)15(21)10-16(22)19(3)14-8-9-20(17(14)23)13-7-5-4-6-12(13)18/h4-7,11,14-15,21H,8-10H2,1-3H3. The predicted octanol–water partition coefficient (Wildman–Crippen LogP) is 2.31. The van der Waals surface area contributed by atoms with E-state index in [9.17, 15) is 14.7 Å². The highest BCUT2D eigenvalue weighted by atomic mass is 35.5. The zero-order chi connectivity index (χ0) is 17.1. The van der Waals surface area contributed by atoms with Crippen LogP contribution in [0.25, 0.3) is 0 Å². The summed E-state index contributed by atoms with van der Waals surface area (Å²) in [5.74, 6) is -0.343. The Morgan fingerprint density at radius 3 is 2.70 bits per heavy atom. The molecule has 2 amide bonds. The molecule has 1 aromatic rings. The highest BCUT2D eigenvalue weighted by molar-refractivity contribution is 6.34. The van der Waals surface area contributed by atoms with Crippen molar-refractivity contribution in [1.82, 2.24) is 4.90 Å². The van der Waals surface area contributed by atoms with E-state index < -0.39 is 12.1 Å². The second-order valence-corrected chi connectivity index (χ2v) is 6.67. The van der Waals surface area contributed by atoms with Crippen LogP contribution in [0.15, 0.2) is 24.3 Å². The average Bonchev–Trinajstić information content (AvgIpc) is 2.88. The van der Waals surface area contributed by atoms with Gasteiger partial charge in [0, 0.05) is 13.6 Å². The van der Waals surface area contributed by atoms with Gasteiger partial charge in [-0.1, -0.05) is 37.6 Å². The van der Waals surface area contributed by atoms with E-state index in [2.05, 4.69) is 0 Å². The van der Waals surface area contributed by atoms with Crippen molar-refractivity contribution >= 4 is 29.1 Å². The van der Waals surface area contributed by atoms with E-state index in [0.717, 1.165) is 0 Å². The lowest BCUT2D eigenvalue weighted by molar-refractivity contribution is -0.138. The molecule has 5 nitrogen and oxygen atoms in total. The van der Waals surface area contributed by atoms with Crippen molar-refractivity contribution in [2.75, 3.05) is 18.5 Å². The van der Waals surface area contributed by atoms with Crippen LogP contribution >= 0.6 is 11.6 Å². The first-order valence-electron chi connectivity index (χ1n) is 7.82. The number of aliphatic hydroxyl groups excluding tert-OH is 1. The summed E-state index contributed by atoms with van der Waals surface area (Å²) in [6.45, 7) is 4.24. The molecule has 0 radical (unpaired) electrons. The Hall–Kier alpha value is -1.59. The Morgan fingerprint density at radius 2 is 2.09 bits per heavy atom. The number of hydrogen-bond donors (Lipinski definition) is 1. The van der Waals surface area contributed by atoms with Crippen LogP contribution in [0.3, 0.4) is 0 Å². The van der Waals surface area contributed by atoms with E-state index in [4.69, 9.17) is 11.6 Å². The number of nitrogens with zero attached hydrogens (tertiary/aromatic N) is 2. The summed E-state index contributed by atoms with van der Waals surface area (Å²) in [6, 6.07) is 6.68. The molecule has 0 aliphatic carbocycles. The normalized spacial score (nSPS) is 19.3. The van der Waals surface area contributed by atoms with Gasteiger partial charge in [0.1, 0.15) is 6.04 Å². The molecule has 1 aliphatic rings. The van der Waals surface area contributed by atoms with Gasteiger partial charge in [-0.15, -0.1) is 0 Å². The molecule has 1 saturated heterocycles. The van der Waals surface area contributed by atoms with Crippen LogP contribution in [0.1, 0.15) is 26.7 Å². The molecular formula is C17H23ClN2O3. The third-order valence-corrected chi connectivity index (χ3v) is 4.65. The van der Waals surface area contributed by atoms with Gasteiger partial charge < -0.3 is 14.9 Å². The van der Waals surface area contributed by atoms with E-state index in [0.29, 0.717) is 23.7 Å². The van der Waals surface area contributed by atoms with E-state index in [1.807, 2.05) is 26.0 Å². The molecule has 0 saturated carbocycles. The van der Waals surface area contributed by atoms with Crippen molar-refractivity contribution in [3.05, 3.63) is 29.3 Å². The van der Waals surface area contributed by atoms with Gasteiger partial charge in [-0.3, -0.25) is 9.59 Å². The Bertz CT molecular complexity index is 591. The van der Waals surface area contributed by atoms with Gasteiger partial charge in [-0.05, 0) is 24.5 Å². The maximum Gasteiger partial charge on any atom is 0.249 e. The number of aliphatic hydroxyl groups is 1. The van der Waals surface area contributed by atoms with Gasteiger partial charge in [0.2, 0.25) is 11.8 Å². The van der Waals surface area contributed by atoms with Crippen LogP contribution in [0, 0.1) is 5.92 Å². The van der Waals surface area contributed by atoms with Crippen molar-refractivity contribution in [2.24, 2.45) is 5.92 Å². The average molecular weight is 339 g/mol. The van der Waals surface area contributed by atoms with Gasteiger partial charge in [0.15, 0.2) is 0 Å². The van der Waals surface area contributed by atoms with Crippen molar-refractivity contribution < 1.29 is 14.7 Å².